The minimum Gasteiger partial charge on any atom is -0.338 e. The maximum atomic E-state index is 14.2. The summed E-state index contributed by atoms with van der Waals surface area (Å²) in [6.07, 6.45) is 0. The van der Waals surface area contributed by atoms with Crippen LogP contribution in [0.1, 0.15) is 17.3 Å². The van der Waals surface area contributed by atoms with Crippen molar-refractivity contribution in [3.05, 3.63) is 77.7 Å². The van der Waals surface area contributed by atoms with Crippen molar-refractivity contribution < 1.29 is 9.18 Å². The lowest BCUT2D eigenvalue weighted by molar-refractivity contribution is -0.135. The molecule has 140 valence electrons. The van der Waals surface area contributed by atoms with E-state index in [1.54, 1.807) is 49.1 Å². The number of nitrogens with one attached hydrogen (secondary N) is 1. The van der Waals surface area contributed by atoms with Crippen LogP contribution < -0.4 is 0 Å². The van der Waals surface area contributed by atoms with Crippen LogP contribution in [-0.2, 0) is 11.3 Å². The fourth-order valence-electron chi connectivity index (χ4n) is 3.07. The monoisotopic (exact) mass is 366 g/mol. The highest BCUT2D eigenvalue weighted by molar-refractivity contribution is 5.83. The molecule has 6 heteroatoms. The number of carbonyl (C=O) groups excluding carboxylic acids is 1. The van der Waals surface area contributed by atoms with Gasteiger partial charge in [0.25, 0.3) is 0 Å². The van der Waals surface area contributed by atoms with Crippen molar-refractivity contribution in [3.63, 3.8) is 0 Å². The first-order valence-electron chi connectivity index (χ1n) is 8.73. The number of rotatable bonds is 6. The van der Waals surface area contributed by atoms with E-state index >= 15 is 0 Å². The van der Waals surface area contributed by atoms with Gasteiger partial charge in [-0.05, 0) is 26.2 Å². The molecule has 1 amide bonds. The molecule has 0 saturated heterocycles. The highest BCUT2D eigenvalue weighted by Gasteiger charge is 2.28. The summed E-state index contributed by atoms with van der Waals surface area (Å²) in [4.78, 5) is 16.3. The molecule has 0 aliphatic heterocycles. The second-order valence-electron chi connectivity index (χ2n) is 6.73. The minimum atomic E-state index is -0.687. The fraction of sp³-hybridized carbons (Fsp3) is 0.238. The molecule has 0 bridgehead atoms. The lowest BCUT2D eigenvalue weighted by atomic mass is 10.0. The van der Waals surface area contributed by atoms with Gasteiger partial charge in [0.1, 0.15) is 11.9 Å². The van der Waals surface area contributed by atoms with Crippen LogP contribution in [0.2, 0.25) is 0 Å². The van der Waals surface area contributed by atoms with Crippen LogP contribution in [0.4, 0.5) is 4.39 Å². The van der Waals surface area contributed by atoms with Crippen molar-refractivity contribution >= 4 is 5.91 Å². The van der Waals surface area contributed by atoms with Gasteiger partial charge in [-0.1, -0.05) is 48.5 Å². The van der Waals surface area contributed by atoms with Gasteiger partial charge in [0, 0.05) is 18.2 Å². The Bertz CT molecular complexity index is 907. The normalized spacial score (nSPS) is 12.2. The summed E-state index contributed by atoms with van der Waals surface area (Å²) in [5.74, 6) is -0.563. The topological polar surface area (TPSA) is 52.2 Å². The maximum Gasteiger partial charge on any atom is 0.244 e. The molecule has 0 fully saturated rings. The second kappa shape index (κ2) is 8.14. The van der Waals surface area contributed by atoms with Gasteiger partial charge in [0.15, 0.2) is 0 Å². The summed E-state index contributed by atoms with van der Waals surface area (Å²) < 4.78 is 14.2. The zero-order valence-electron chi connectivity index (χ0n) is 15.7. The Kier molecular flexibility index (Phi) is 5.66. The lowest BCUT2D eigenvalue weighted by Crippen LogP contribution is -2.38. The summed E-state index contributed by atoms with van der Waals surface area (Å²) in [6, 6.07) is 17.4. The predicted molar refractivity (Wildman–Crippen MR) is 103 cm³/mol. The Morgan fingerprint density at radius 3 is 2.41 bits per heavy atom. The summed E-state index contributed by atoms with van der Waals surface area (Å²) >= 11 is 0. The molecule has 5 nitrogen and oxygen atoms in total. The van der Waals surface area contributed by atoms with Gasteiger partial charge in [-0.15, -0.1) is 0 Å². The Hall–Kier alpha value is -2.99. The third-order valence-electron chi connectivity index (χ3n) is 4.43. The van der Waals surface area contributed by atoms with Crippen molar-refractivity contribution in [2.75, 3.05) is 21.1 Å². The molecule has 0 aliphatic rings. The average molecular weight is 366 g/mol. The van der Waals surface area contributed by atoms with Crippen molar-refractivity contribution in [1.82, 2.24) is 20.0 Å². The number of likely N-dealkylation sites (N-methyl/N-ethyl adjacent to an activating group) is 2. The number of benzene rings is 2. The van der Waals surface area contributed by atoms with E-state index in [1.165, 1.54) is 6.07 Å². The van der Waals surface area contributed by atoms with Crippen LogP contribution in [0, 0.1) is 5.82 Å². The van der Waals surface area contributed by atoms with Crippen molar-refractivity contribution in [3.8, 4) is 11.3 Å². The Morgan fingerprint density at radius 1 is 1.07 bits per heavy atom. The van der Waals surface area contributed by atoms with Crippen molar-refractivity contribution in [1.29, 1.82) is 0 Å². The maximum absolute atomic E-state index is 14.2. The molecule has 2 aromatic carbocycles. The van der Waals surface area contributed by atoms with E-state index in [0.29, 0.717) is 12.1 Å². The fourth-order valence-corrected chi connectivity index (χ4v) is 3.07. The van der Waals surface area contributed by atoms with Gasteiger partial charge >= 0.3 is 0 Å². The van der Waals surface area contributed by atoms with Gasteiger partial charge in [-0.25, -0.2) is 4.39 Å². The van der Waals surface area contributed by atoms with Crippen molar-refractivity contribution in [2.45, 2.75) is 12.6 Å². The average Bonchev–Trinajstić information content (AvgIpc) is 3.12. The molecule has 1 unspecified atom stereocenters. The van der Waals surface area contributed by atoms with E-state index in [2.05, 4.69) is 10.2 Å². The molecule has 0 radical (unpaired) electrons. The number of H-pyrrole nitrogens is 1. The highest BCUT2D eigenvalue weighted by Crippen LogP contribution is 2.24. The molecule has 1 aromatic heterocycles. The minimum absolute atomic E-state index is 0.180. The lowest BCUT2D eigenvalue weighted by Gasteiger charge is -2.28. The molecular weight excluding hydrogens is 343 g/mol. The van der Waals surface area contributed by atoms with Gasteiger partial charge in [0.05, 0.1) is 17.9 Å². The number of carbonyl (C=O) groups is 1. The molecule has 1 N–H and O–H groups in total. The van der Waals surface area contributed by atoms with Crippen molar-refractivity contribution in [2.24, 2.45) is 0 Å². The summed E-state index contributed by atoms with van der Waals surface area (Å²) in [7, 11) is 5.25. The van der Waals surface area contributed by atoms with E-state index in [9.17, 15) is 9.18 Å². The first kappa shape index (κ1) is 18.8. The van der Waals surface area contributed by atoms with Crippen LogP contribution in [0.15, 0.2) is 60.7 Å². The quantitative estimate of drug-likeness (QED) is 0.727. The summed E-state index contributed by atoms with van der Waals surface area (Å²) in [5.41, 5.74) is 3.01. The van der Waals surface area contributed by atoms with E-state index < -0.39 is 6.04 Å². The van der Waals surface area contributed by atoms with Crippen LogP contribution in [0.3, 0.4) is 0 Å². The number of hydrogen-bond donors (Lipinski definition) is 1. The molecule has 27 heavy (non-hydrogen) atoms. The molecule has 1 atom stereocenters. The zero-order valence-corrected chi connectivity index (χ0v) is 15.7. The second-order valence-corrected chi connectivity index (χ2v) is 6.73. The van der Waals surface area contributed by atoms with E-state index in [-0.39, 0.29) is 11.7 Å². The summed E-state index contributed by atoms with van der Waals surface area (Å²) in [6.45, 7) is 0.359. The predicted octanol–water partition coefficient (Wildman–Crippen LogP) is 3.48. The van der Waals surface area contributed by atoms with E-state index in [4.69, 9.17) is 0 Å². The molecule has 3 aromatic rings. The third-order valence-corrected chi connectivity index (χ3v) is 4.43. The molecule has 1 heterocycles. The van der Waals surface area contributed by atoms with Gasteiger partial charge < -0.3 is 4.90 Å². The summed E-state index contributed by atoms with van der Waals surface area (Å²) in [5, 5.41) is 7.30. The Morgan fingerprint density at radius 2 is 1.74 bits per heavy atom. The van der Waals surface area contributed by atoms with Gasteiger partial charge in [-0.3, -0.25) is 14.8 Å². The van der Waals surface area contributed by atoms with Crippen LogP contribution in [0.25, 0.3) is 11.3 Å². The largest absolute Gasteiger partial charge is 0.338 e. The van der Waals surface area contributed by atoms with E-state index in [0.717, 1.165) is 17.0 Å². The number of aromatic nitrogens is 2. The number of hydrogen-bond acceptors (Lipinski definition) is 3. The zero-order chi connectivity index (χ0) is 19.4. The Balaban J connectivity index is 1.77. The third kappa shape index (κ3) is 4.23. The Labute approximate surface area is 158 Å². The first-order chi connectivity index (χ1) is 13.0. The molecule has 0 saturated carbocycles. The highest BCUT2D eigenvalue weighted by atomic mass is 19.1. The van der Waals surface area contributed by atoms with E-state index in [1.807, 2.05) is 36.4 Å². The number of nitrogens with zero attached hydrogens (tertiary/aromatic N) is 3. The first-order valence-corrected chi connectivity index (χ1v) is 8.73. The molecular formula is C21H23FN4O. The van der Waals surface area contributed by atoms with Gasteiger partial charge in [-0.2, -0.15) is 5.10 Å². The standard InChI is InChI=1S/C21H23FN4O/c1-25(2)20(17-11-7-8-12-18(17)22)21(27)26(3)14-16-13-19(24-23-16)15-9-5-4-6-10-15/h4-13,20H,14H2,1-3H3,(H,23,24). The molecule has 0 aliphatic carbocycles. The number of halogens is 1. The number of amides is 1. The molecule has 0 spiro atoms. The van der Waals surface area contributed by atoms with Crippen LogP contribution >= 0.6 is 0 Å². The number of aromatic amines is 1. The smallest absolute Gasteiger partial charge is 0.244 e. The van der Waals surface area contributed by atoms with Gasteiger partial charge in [0.2, 0.25) is 5.91 Å². The SMILES string of the molecule is CN(Cc1cc(-c2ccccc2)n[nH]1)C(=O)C(c1ccccc1F)N(C)C. The molecule has 3 rings (SSSR count). The van der Waals surface area contributed by atoms with Crippen LogP contribution in [0.5, 0.6) is 0 Å². The van der Waals surface area contributed by atoms with Crippen LogP contribution in [-0.4, -0.2) is 47.0 Å².